The fourth-order valence-electron chi connectivity index (χ4n) is 3.39. The average molecular weight is 477 g/mol. The van der Waals surface area contributed by atoms with E-state index in [0.717, 1.165) is 10.5 Å². The van der Waals surface area contributed by atoms with Crippen LogP contribution in [0.3, 0.4) is 0 Å². The number of imide groups is 2. The summed E-state index contributed by atoms with van der Waals surface area (Å²) >= 11 is 5.90. The Bertz CT molecular complexity index is 1260. The van der Waals surface area contributed by atoms with Crippen molar-refractivity contribution in [3.63, 3.8) is 0 Å². The van der Waals surface area contributed by atoms with Gasteiger partial charge in [0.1, 0.15) is 12.2 Å². The number of nitrogens with one attached hydrogen (secondary N) is 1. The molecule has 0 radical (unpaired) electrons. The van der Waals surface area contributed by atoms with E-state index in [4.69, 9.17) is 21.1 Å². The fraction of sp³-hybridized carbons (Fsp3) is 0.115. The van der Waals surface area contributed by atoms with Crippen molar-refractivity contribution in [2.45, 2.75) is 13.5 Å². The van der Waals surface area contributed by atoms with Crippen LogP contribution in [-0.4, -0.2) is 24.5 Å². The number of halogens is 1. The van der Waals surface area contributed by atoms with Crippen LogP contribution in [0.25, 0.3) is 6.08 Å². The summed E-state index contributed by atoms with van der Waals surface area (Å²) in [6.45, 7) is 2.61. The second-order valence-corrected chi connectivity index (χ2v) is 7.78. The van der Waals surface area contributed by atoms with E-state index in [1.54, 1.807) is 30.3 Å². The molecule has 4 amide bonds. The average Bonchev–Trinajstić information content (AvgIpc) is 2.83. The molecule has 0 spiro atoms. The van der Waals surface area contributed by atoms with Crippen LogP contribution in [0.5, 0.6) is 11.5 Å². The zero-order chi connectivity index (χ0) is 24.1. The number of hydrogen-bond donors (Lipinski definition) is 1. The minimum atomic E-state index is -0.825. The molecule has 0 aliphatic carbocycles. The van der Waals surface area contributed by atoms with E-state index in [-0.39, 0.29) is 5.57 Å². The number of amides is 4. The fourth-order valence-corrected chi connectivity index (χ4v) is 3.51. The maximum absolute atomic E-state index is 13.1. The molecule has 0 bridgehead atoms. The van der Waals surface area contributed by atoms with Crippen LogP contribution in [0, 0.1) is 0 Å². The molecule has 3 aromatic rings. The Morgan fingerprint density at radius 2 is 1.65 bits per heavy atom. The first-order valence-electron chi connectivity index (χ1n) is 10.6. The van der Waals surface area contributed by atoms with Crippen molar-refractivity contribution in [2.24, 2.45) is 0 Å². The van der Waals surface area contributed by atoms with E-state index in [1.165, 1.54) is 18.2 Å². The smallest absolute Gasteiger partial charge is 0.335 e. The van der Waals surface area contributed by atoms with Crippen molar-refractivity contribution < 1.29 is 23.9 Å². The van der Waals surface area contributed by atoms with Crippen LogP contribution in [0.15, 0.2) is 78.4 Å². The summed E-state index contributed by atoms with van der Waals surface area (Å²) in [5, 5.41) is 2.66. The molecule has 4 rings (SSSR count). The molecule has 1 aliphatic rings. The molecule has 1 saturated heterocycles. The van der Waals surface area contributed by atoms with Crippen molar-refractivity contribution >= 4 is 41.2 Å². The lowest BCUT2D eigenvalue weighted by molar-refractivity contribution is -0.122. The molecular formula is C26H21ClN2O5. The molecule has 0 unspecified atom stereocenters. The third-order valence-electron chi connectivity index (χ3n) is 5.00. The molecule has 0 atom stereocenters. The number of benzene rings is 3. The van der Waals surface area contributed by atoms with Gasteiger partial charge in [0.2, 0.25) is 0 Å². The van der Waals surface area contributed by atoms with Gasteiger partial charge in [0, 0.05) is 5.02 Å². The Labute approximate surface area is 201 Å². The van der Waals surface area contributed by atoms with Crippen LogP contribution in [0.1, 0.15) is 18.1 Å². The standard InChI is InChI=1S/C26H21ClN2O5/c1-2-33-23-15-18(8-13-22(23)34-16-17-6-4-3-5-7-17)14-21-24(30)28-26(32)29(25(21)31)20-11-9-19(27)10-12-20/h3-15H,2,16H2,1H3,(H,28,30,32)/b21-14+. The number of carbonyl (C=O) groups excluding carboxylic acids is 3. The van der Waals surface area contributed by atoms with E-state index in [9.17, 15) is 14.4 Å². The Morgan fingerprint density at radius 3 is 2.35 bits per heavy atom. The Kier molecular flexibility index (Phi) is 6.94. The Hall–Kier alpha value is -4.10. The second-order valence-electron chi connectivity index (χ2n) is 7.35. The highest BCUT2D eigenvalue weighted by Gasteiger charge is 2.36. The molecule has 0 aromatic heterocycles. The van der Waals surface area contributed by atoms with Gasteiger partial charge in [-0.25, -0.2) is 9.69 Å². The lowest BCUT2D eigenvalue weighted by Crippen LogP contribution is -2.54. The largest absolute Gasteiger partial charge is 0.490 e. The summed E-state index contributed by atoms with van der Waals surface area (Å²) in [5.41, 5.74) is 1.66. The quantitative estimate of drug-likeness (QED) is 0.384. The summed E-state index contributed by atoms with van der Waals surface area (Å²) in [6.07, 6.45) is 1.41. The van der Waals surface area contributed by atoms with Gasteiger partial charge in [-0.2, -0.15) is 0 Å². The van der Waals surface area contributed by atoms with Gasteiger partial charge in [-0.3, -0.25) is 14.9 Å². The molecule has 1 heterocycles. The number of rotatable bonds is 7. The molecular weight excluding hydrogens is 456 g/mol. The number of urea groups is 1. The number of anilines is 1. The second kappa shape index (κ2) is 10.2. The molecule has 7 nitrogen and oxygen atoms in total. The van der Waals surface area contributed by atoms with Gasteiger partial charge < -0.3 is 9.47 Å². The molecule has 8 heteroatoms. The van der Waals surface area contributed by atoms with E-state index < -0.39 is 17.8 Å². The summed E-state index contributed by atoms with van der Waals surface area (Å²) in [6, 6.07) is 20.2. The lowest BCUT2D eigenvalue weighted by Gasteiger charge is -2.26. The third-order valence-corrected chi connectivity index (χ3v) is 5.25. The van der Waals surface area contributed by atoms with E-state index in [1.807, 2.05) is 37.3 Å². The number of hydrogen-bond acceptors (Lipinski definition) is 5. The van der Waals surface area contributed by atoms with Crippen molar-refractivity contribution in [2.75, 3.05) is 11.5 Å². The first-order chi connectivity index (χ1) is 16.5. The van der Waals surface area contributed by atoms with Gasteiger partial charge >= 0.3 is 6.03 Å². The maximum atomic E-state index is 13.1. The van der Waals surface area contributed by atoms with E-state index >= 15 is 0 Å². The van der Waals surface area contributed by atoms with Gasteiger partial charge in [-0.1, -0.05) is 48.0 Å². The minimum absolute atomic E-state index is 0.185. The van der Waals surface area contributed by atoms with Crippen molar-refractivity contribution in [3.8, 4) is 11.5 Å². The van der Waals surface area contributed by atoms with E-state index in [0.29, 0.717) is 41.0 Å². The zero-order valence-electron chi connectivity index (χ0n) is 18.3. The first kappa shape index (κ1) is 23.1. The SMILES string of the molecule is CCOc1cc(/C=C2\C(=O)NC(=O)N(c3ccc(Cl)cc3)C2=O)ccc1OCc1ccccc1. The van der Waals surface area contributed by atoms with Crippen molar-refractivity contribution in [3.05, 3.63) is 94.5 Å². The van der Waals surface area contributed by atoms with Crippen molar-refractivity contribution in [1.29, 1.82) is 0 Å². The van der Waals surface area contributed by atoms with Crippen LogP contribution >= 0.6 is 11.6 Å². The molecule has 0 saturated carbocycles. The third kappa shape index (κ3) is 5.10. The van der Waals surface area contributed by atoms with E-state index in [2.05, 4.69) is 5.32 Å². The zero-order valence-corrected chi connectivity index (χ0v) is 19.0. The van der Waals surface area contributed by atoms with Gasteiger partial charge in [0.15, 0.2) is 11.5 Å². The van der Waals surface area contributed by atoms with Crippen LogP contribution in [-0.2, 0) is 16.2 Å². The highest BCUT2D eigenvalue weighted by atomic mass is 35.5. The number of barbiturate groups is 1. The molecule has 1 aliphatic heterocycles. The van der Waals surface area contributed by atoms with Crippen molar-refractivity contribution in [1.82, 2.24) is 5.32 Å². The molecule has 1 fully saturated rings. The molecule has 34 heavy (non-hydrogen) atoms. The summed E-state index contributed by atoms with van der Waals surface area (Å²) < 4.78 is 11.6. The van der Waals surface area contributed by atoms with Gasteiger partial charge in [-0.05, 0) is 60.5 Å². The molecule has 1 N–H and O–H groups in total. The predicted octanol–water partition coefficient (Wildman–Crippen LogP) is 4.98. The normalized spacial score (nSPS) is 14.8. The Morgan fingerprint density at radius 1 is 0.912 bits per heavy atom. The predicted molar refractivity (Wildman–Crippen MR) is 129 cm³/mol. The first-order valence-corrected chi connectivity index (χ1v) is 10.9. The topological polar surface area (TPSA) is 84.9 Å². The summed E-state index contributed by atoms with van der Waals surface area (Å²) in [4.78, 5) is 38.8. The summed E-state index contributed by atoms with van der Waals surface area (Å²) in [5.74, 6) is -0.506. The van der Waals surface area contributed by atoms with Crippen LogP contribution in [0.4, 0.5) is 10.5 Å². The molecule has 172 valence electrons. The lowest BCUT2D eigenvalue weighted by atomic mass is 10.1. The Balaban J connectivity index is 1.61. The monoisotopic (exact) mass is 476 g/mol. The van der Waals surface area contributed by atoms with Gasteiger partial charge in [-0.15, -0.1) is 0 Å². The highest BCUT2D eigenvalue weighted by Crippen LogP contribution is 2.31. The number of ether oxygens (including phenoxy) is 2. The number of nitrogens with zero attached hydrogens (tertiary/aromatic N) is 1. The maximum Gasteiger partial charge on any atom is 0.335 e. The van der Waals surface area contributed by atoms with Crippen LogP contribution in [0.2, 0.25) is 5.02 Å². The minimum Gasteiger partial charge on any atom is -0.490 e. The number of carbonyl (C=O) groups is 3. The highest BCUT2D eigenvalue weighted by molar-refractivity contribution is 6.39. The van der Waals surface area contributed by atoms with Gasteiger partial charge in [0.25, 0.3) is 11.8 Å². The van der Waals surface area contributed by atoms with Crippen LogP contribution < -0.4 is 19.7 Å². The summed E-state index contributed by atoms with van der Waals surface area (Å²) in [7, 11) is 0. The molecule has 3 aromatic carbocycles. The van der Waals surface area contributed by atoms with Gasteiger partial charge in [0.05, 0.1) is 12.3 Å².